The highest BCUT2D eigenvalue weighted by atomic mass is 127. The van der Waals surface area contributed by atoms with Crippen LogP contribution in [0.15, 0.2) is 12.1 Å². The van der Waals surface area contributed by atoms with Crippen molar-refractivity contribution in [3.63, 3.8) is 0 Å². The third-order valence-electron chi connectivity index (χ3n) is 2.13. The molecule has 0 saturated heterocycles. The Morgan fingerprint density at radius 2 is 2.00 bits per heavy atom. The van der Waals surface area contributed by atoms with E-state index in [0.717, 1.165) is 14.7 Å². The zero-order valence-corrected chi connectivity index (χ0v) is 12.6. The van der Waals surface area contributed by atoms with Gasteiger partial charge in [-0.2, -0.15) is 0 Å². The molecule has 0 unspecified atom stereocenters. The molecule has 0 N–H and O–H groups in total. The zero-order valence-electron chi connectivity index (χ0n) is 10.4. The van der Waals surface area contributed by atoms with Gasteiger partial charge in [-0.05, 0) is 68.0 Å². The first-order chi connectivity index (χ1) is 7.74. The molecule has 1 aromatic carbocycles. The topological polar surface area (TPSA) is 26.3 Å². The van der Waals surface area contributed by atoms with Gasteiger partial charge in [0.25, 0.3) is 0 Å². The molecule has 0 bridgehead atoms. The lowest BCUT2D eigenvalue weighted by Gasteiger charge is -2.19. The fourth-order valence-electron chi connectivity index (χ4n) is 1.28. The number of hydrogen-bond acceptors (Lipinski definition) is 2. The summed E-state index contributed by atoms with van der Waals surface area (Å²) in [7, 11) is 0. The molecule has 1 rings (SSSR count). The molecule has 0 heterocycles. The molecular weight excluding hydrogens is 327 g/mol. The standard InChI is InChI=1S/C14H15IO2/c1-6-10-7-11(8-12(15)9(10)2)13(16)17-14(3,4)5/h1,7-8H,2-5H3. The minimum Gasteiger partial charge on any atom is -0.456 e. The smallest absolute Gasteiger partial charge is 0.338 e. The second-order valence-corrected chi connectivity index (χ2v) is 5.94. The third-order valence-corrected chi connectivity index (χ3v) is 3.25. The van der Waals surface area contributed by atoms with Gasteiger partial charge in [0, 0.05) is 9.13 Å². The summed E-state index contributed by atoms with van der Waals surface area (Å²) in [6.45, 7) is 7.46. The quantitative estimate of drug-likeness (QED) is 0.443. The molecule has 1 aromatic rings. The predicted octanol–water partition coefficient (Wildman–Crippen LogP) is 3.54. The van der Waals surface area contributed by atoms with Crippen LogP contribution >= 0.6 is 22.6 Å². The molecule has 17 heavy (non-hydrogen) atoms. The lowest BCUT2D eigenvalue weighted by atomic mass is 10.1. The van der Waals surface area contributed by atoms with Gasteiger partial charge in [-0.15, -0.1) is 6.42 Å². The summed E-state index contributed by atoms with van der Waals surface area (Å²) in [5, 5.41) is 0. The number of esters is 1. The van der Waals surface area contributed by atoms with Crippen LogP contribution in [0, 0.1) is 22.8 Å². The molecular formula is C14H15IO2. The van der Waals surface area contributed by atoms with Gasteiger partial charge in [0.1, 0.15) is 5.60 Å². The highest BCUT2D eigenvalue weighted by Gasteiger charge is 2.19. The molecule has 0 aromatic heterocycles. The van der Waals surface area contributed by atoms with E-state index in [1.54, 1.807) is 12.1 Å². The van der Waals surface area contributed by atoms with Crippen LogP contribution in [0.4, 0.5) is 0 Å². The Balaban J connectivity index is 3.13. The van der Waals surface area contributed by atoms with Crippen molar-refractivity contribution in [1.29, 1.82) is 0 Å². The van der Waals surface area contributed by atoms with Gasteiger partial charge in [-0.3, -0.25) is 0 Å². The van der Waals surface area contributed by atoms with Crippen molar-refractivity contribution < 1.29 is 9.53 Å². The third kappa shape index (κ3) is 3.74. The lowest BCUT2D eigenvalue weighted by molar-refractivity contribution is 0.00694. The van der Waals surface area contributed by atoms with Crippen LogP contribution in [0.1, 0.15) is 42.3 Å². The van der Waals surface area contributed by atoms with Crippen molar-refractivity contribution in [2.24, 2.45) is 0 Å². The van der Waals surface area contributed by atoms with Crippen LogP contribution in [0.5, 0.6) is 0 Å². The lowest BCUT2D eigenvalue weighted by Crippen LogP contribution is -2.24. The second kappa shape index (κ2) is 5.09. The van der Waals surface area contributed by atoms with Crippen molar-refractivity contribution in [3.05, 3.63) is 32.4 Å². The van der Waals surface area contributed by atoms with Crippen LogP contribution in [0.25, 0.3) is 0 Å². The Morgan fingerprint density at radius 1 is 1.41 bits per heavy atom. The van der Waals surface area contributed by atoms with Gasteiger partial charge in [-0.1, -0.05) is 5.92 Å². The summed E-state index contributed by atoms with van der Waals surface area (Å²) in [5.41, 5.74) is 1.75. The Labute approximate surface area is 116 Å². The van der Waals surface area contributed by atoms with Gasteiger partial charge in [0.15, 0.2) is 0 Å². The number of halogens is 1. The molecule has 0 aliphatic carbocycles. The number of carbonyl (C=O) groups excluding carboxylic acids is 1. The van der Waals surface area contributed by atoms with E-state index in [9.17, 15) is 4.79 Å². The molecule has 0 amide bonds. The van der Waals surface area contributed by atoms with Gasteiger partial charge >= 0.3 is 5.97 Å². The highest BCUT2D eigenvalue weighted by molar-refractivity contribution is 14.1. The molecule has 0 saturated carbocycles. The van der Waals surface area contributed by atoms with Crippen LogP contribution in [0.2, 0.25) is 0 Å². The summed E-state index contributed by atoms with van der Waals surface area (Å²) < 4.78 is 6.28. The predicted molar refractivity (Wildman–Crippen MR) is 77.0 cm³/mol. The number of rotatable bonds is 1. The number of hydrogen-bond donors (Lipinski definition) is 0. The maximum atomic E-state index is 11.9. The van der Waals surface area contributed by atoms with E-state index in [1.807, 2.05) is 27.7 Å². The SMILES string of the molecule is C#Cc1cc(C(=O)OC(C)(C)C)cc(I)c1C. The minimum atomic E-state index is -0.496. The maximum absolute atomic E-state index is 11.9. The molecule has 3 heteroatoms. The molecule has 0 aliphatic rings. The van der Waals surface area contributed by atoms with E-state index in [2.05, 4.69) is 28.5 Å². The van der Waals surface area contributed by atoms with E-state index in [-0.39, 0.29) is 5.97 Å². The van der Waals surface area contributed by atoms with E-state index >= 15 is 0 Å². The second-order valence-electron chi connectivity index (χ2n) is 4.78. The minimum absolute atomic E-state index is 0.341. The van der Waals surface area contributed by atoms with Crippen LogP contribution in [-0.2, 0) is 4.74 Å². The molecule has 0 aliphatic heterocycles. The molecule has 90 valence electrons. The van der Waals surface area contributed by atoms with E-state index in [0.29, 0.717) is 5.56 Å². The highest BCUT2D eigenvalue weighted by Crippen LogP contribution is 2.20. The maximum Gasteiger partial charge on any atom is 0.338 e. The number of carbonyl (C=O) groups is 1. The van der Waals surface area contributed by atoms with Crippen LogP contribution in [0.3, 0.4) is 0 Å². The molecule has 0 radical (unpaired) electrons. The normalized spacial score (nSPS) is 10.8. The Morgan fingerprint density at radius 3 is 2.47 bits per heavy atom. The average Bonchev–Trinajstić information content (AvgIpc) is 2.19. The molecule has 0 fully saturated rings. The first-order valence-electron chi connectivity index (χ1n) is 5.24. The van der Waals surface area contributed by atoms with Crippen LogP contribution < -0.4 is 0 Å². The molecule has 0 atom stereocenters. The van der Waals surface area contributed by atoms with Crippen molar-refractivity contribution >= 4 is 28.6 Å². The van der Waals surface area contributed by atoms with Gasteiger partial charge < -0.3 is 4.74 Å². The van der Waals surface area contributed by atoms with Gasteiger partial charge in [0.2, 0.25) is 0 Å². The van der Waals surface area contributed by atoms with Crippen molar-refractivity contribution in [2.45, 2.75) is 33.3 Å². The number of ether oxygens (including phenoxy) is 1. The fourth-order valence-corrected chi connectivity index (χ4v) is 1.91. The first-order valence-corrected chi connectivity index (χ1v) is 6.32. The summed E-state index contributed by atoms with van der Waals surface area (Å²) >= 11 is 2.17. The van der Waals surface area contributed by atoms with Gasteiger partial charge in [-0.25, -0.2) is 4.79 Å². The van der Waals surface area contributed by atoms with Gasteiger partial charge in [0.05, 0.1) is 5.56 Å². The summed E-state index contributed by atoms with van der Waals surface area (Å²) in [6, 6.07) is 3.50. The van der Waals surface area contributed by atoms with E-state index in [4.69, 9.17) is 11.2 Å². The van der Waals surface area contributed by atoms with E-state index in [1.165, 1.54) is 0 Å². The molecule has 0 spiro atoms. The summed E-state index contributed by atoms with van der Waals surface area (Å²) in [4.78, 5) is 11.9. The van der Waals surface area contributed by atoms with Crippen LogP contribution in [-0.4, -0.2) is 11.6 Å². The van der Waals surface area contributed by atoms with E-state index < -0.39 is 5.60 Å². The fraction of sp³-hybridized carbons (Fsp3) is 0.357. The summed E-state index contributed by atoms with van der Waals surface area (Å²) in [6.07, 6.45) is 5.41. The summed E-state index contributed by atoms with van der Waals surface area (Å²) in [5.74, 6) is 2.24. The number of terminal acetylenes is 1. The zero-order chi connectivity index (χ0) is 13.2. The van der Waals surface area contributed by atoms with Crippen molar-refractivity contribution in [2.75, 3.05) is 0 Å². The average molecular weight is 342 g/mol. The Bertz CT molecular complexity index is 490. The molecule has 2 nitrogen and oxygen atoms in total. The monoisotopic (exact) mass is 342 g/mol. The van der Waals surface area contributed by atoms with Crippen molar-refractivity contribution in [1.82, 2.24) is 0 Å². The number of benzene rings is 1. The Kier molecular flexibility index (Phi) is 4.21. The van der Waals surface area contributed by atoms with Crippen molar-refractivity contribution in [3.8, 4) is 12.3 Å². The largest absolute Gasteiger partial charge is 0.456 e. The Hall–Kier alpha value is -1.02. The first kappa shape index (κ1) is 14.0.